The van der Waals surface area contributed by atoms with E-state index in [1.165, 1.54) is 0 Å². The summed E-state index contributed by atoms with van der Waals surface area (Å²) in [5, 5.41) is 0. The van der Waals surface area contributed by atoms with Crippen LogP contribution in [0.1, 0.15) is 32.8 Å². The van der Waals surface area contributed by atoms with Gasteiger partial charge in [-0.2, -0.15) is 0 Å². The molecule has 0 spiro atoms. The van der Waals surface area contributed by atoms with E-state index in [1.54, 1.807) is 0 Å². The fourth-order valence-corrected chi connectivity index (χ4v) is 1.39. The molecule has 3 nitrogen and oxygen atoms in total. The van der Waals surface area contributed by atoms with E-state index < -0.39 is 11.6 Å². The predicted octanol–water partition coefficient (Wildman–Crippen LogP) is 2.76. The molecule has 0 aliphatic heterocycles. The van der Waals surface area contributed by atoms with Gasteiger partial charge in [-0.3, -0.25) is 4.79 Å². The first-order valence-electron chi connectivity index (χ1n) is 6.08. The summed E-state index contributed by atoms with van der Waals surface area (Å²) in [6.07, 6.45) is 4.32. The van der Waals surface area contributed by atoms with E-state index in [9.17, 15) is 4.79 Å². The Bertz CT molecular complexity index is 404. The van der Waals surface area contributed by atoms with E-state index in [0.717, 1.165) is 5.56 Å². The van der Waals surface area contributed by atoms with Crippen molar-refractivity contribution >= 4 is 12.0 Å². The van der Waals surface area contributed by atoms with Crippen LogP contribution in [0.4, 0.5) is 0 Å². The maximum atomic E-state index is 11.6. The van der Waals surface area contributed by atoms with Crippen molar-refractivity contribution in [1.82, 2.24) is 0 Å². The SMILES string of the molecule is CC(C)(C)OC(=O)C(N)C/C=C/c1ccccc1. The Morgan fingerprint density at radius 3 is 2.50 bits per heavy atom. The van der Waals surface area contributed by atoms with Crippen LogP contribution in [0.2, 0.25) is 0 Å². The quantitative estimate of drug-likeness (QED) is 0.832. The molecule has 18 heavy (non-hydrogen) atoms. The lowest BCUT2D eigenvalue weighted by Crippen LogP contribution is -2.36. The van der Waals surface area contributed by atoms with E-state index in [-0.39, 0.29) is 5.97 Å². The summed E-state index contributed by atoms with van der Waals surface area (Å²) in [4.78, 5) is 11.6. The lowest BCUT2D eigenvalue weighted by atomic mass is 10.1. The largest absolute Gasteiger partial charge is 0.459 e. The summed E-state index contributed by atoms with van der Waals surface area (Å²) in [7, 11) is 0. The second-order valence-electron chi connectivity index (χ2n) is 5.19. The molecule has 0 amide bonds. The lowest BCUT2D eigenvalue weighted by Gasteiger charge is -2.21. The molecule has 98 valence electrons. The summed E-state index contributed by atoms with van der Waals surface area (Å²) in [6, 6.07) is 9.28. The summed E-state index contributed by atoms with van der Waals surface area (Å²) < 4.78 is 5.20. The molecule has 1 atom stereocenters. The standard InChI is InChI=1S/C15H21NO2/c1-15(2,3)18-14(17)13(16)11-7-10-12-8-5-4-6-9-12/h4-10,13H,11,16H2,1-3H3/b10-7+. The van der Waals surface area contributed by atoms with Gasteiger partial charge in [0.1, 0.15) is 11.6 Å². The molecule has 2 N–H and O–H groups in total. The average molecular weight is 247 g/mol. The molecule has 0 bridgehead atoms. The van der Waals surface area contributed by atoms with Crippen molar-refractivity contribution in [2.75, 3.05) is 0 Å². The Kier molecular flexibility index (Phi) is 5.10. The predicted molar refractivity (Wildman–Crippen MR) is 73.9 cm³/mol. The van der Waals surface area contributed by atoms with Crippen molar-refractivity contribution in [3.05, 3.63) is 42.0 Å². The molecule has 0 saturated heterocycles. The van der Waals surface area contributed by atoms with Gasteiger partial charge < -0.3 is 10.5 Å². The van der Waals surface area contributed by atoms with Gasteiger partial charge >= 0.3 is 5.97 Å². The normalized spacial score (nSPS) is 13.6. The molecular formula is C15H21NO2. The average Bonchev–Trinajstić information content (AvgIpc) is 2.28. The molecule has 1 unspecified atom stereocenters. The highest BCUT2D eigenvalue weighted by Crippen LogP contribution is 2.09. The molecule has 1 rings (SSSR count). The minimum atomic E-state index is -0.607. The highest BCUT2D eigenvalue weighted by atomic mass is 16.6. The summed E-state index contributed by atoms with van der Waals surface area (Å²) in [5.74, 6) is -0.361. The van der Waals surface area contributed by atoms with E-state index in [0.29, 0.717) is 6.42 Å². The zero-order valence-electron chi connectivity index (χ0n) is 11.2. The van der Waals surface area contributed by atoms with Crippen LogP contribution in [0.3, 0.4) is 0 Å². The fraction of sp³-hybridized carbons (Fsp3) is 0.400. The lowest BCUT2D eigenvalue weighted by molar-refractivity contribution is -0.156. The molecule has 0 saturated carbocycles. The van der Waals surface area contributed by atoms with Crippen molar-refractivity contribution in [2.45, 2.75) is 38.8 Å². The van der Waals surface area contributed by atoms with Crippen LogP contribution in [-0.2, 0) is 9.53 Å². The summed E-state index contributed by atoms with van der Waals surface area (Å²) in [6.45, 7) is 5.49. The Morgan fingerprint density at radius 2 is 1.94 bits per heavy atom. The maximum Gasteiger partial charge on any atom is 0.323 e. The highest BCUT2D eigenvalue weighted by Gasteiger charge is 2.20. The van der Waals surface area contributed by atoms with Crippen LogP contribution in [0.25, 0.3) is 6.08 Å². The molecule has 1 aromatic rings. The number of hydrogen-bond donors (Lipinski definition) is 1. The molecule has 0 aliphatic rings. The van der Waals surface area contributed by atoms with Crippen molar-refractivity contribution in [1.29, 1.82) is 0 Å². The number of nitrogens with two attached hydrogens (primary N) is 1. The topological polar surface area (TPSA) is 52.3 Å². The zero-order valence-corrected chi connectivity index (χ0v) is 11.2. The summed E-state index contributed by atoms with van der Waals surface area (Å²) >= 11 is 0. The molecule has 1 aromatic carbocycles. The van der Waals surface area contributed by atoms with Crippen LogP contribution in [0.15, 0.2) is 36.4 Å². The fourth-order valence-electron chi connectivity index (χ4n) is 1.39. The third-order valence-electron chi connectivity index (χ3n) is 2.21. The van der Waals surface area contributed by atoms with Gasteiger partial charge in [0.15, 0.2) is 0 Å². The number of benzene rings is 1. The molecule has 0 radical (unpaired) electrons. The van der Waals surface area contributed by atoms with Crippen LogP contribution in [0, 0.1) is 0 Å². The number of carbonyl (C=O) groups is 1. The van der Waals surface area contributed by atoms with Gasteiger partial charge in [0.05, 0.1) is 0 Å². The van der Waals surface area contributed by atoms with E-state index in [2.05, 4.69) is 0 Å². The van der Waals surface area contributed by atoms with Crippen molar-refractivity contribution in [3.63, 3.8) is 0 Å². The third-order valence-corrected chi connectivity index (χ3v) is 2.21. The van der Waals surface area contributed by atoms with Crippen molar-refractivity contribution < 1.29 is 9.53 Å². The number of rotatable bonds is 4. The second kappa shape index (κ2) is 6.36. The highest BCUT2D eigenvalue weighted by molar-refractivity contribution is 5.76. The van der Waals surface area contributed by atoms with Gasteiger partial charge in [0.2, 0.25) is 0 Å². The molecule has 0 fully saturated rings. The Labute approximate surface area is 109 Å². The van der Waals surface area contributed by atoms with Gasteiger partial charge in [-0.15, -0.1) is 0 Å². The molecule has 0 aliphatic carbocycles. The van der Waals surface area contributed by atoms with Gasteiger partial charge in [-0.25, -0.2) is 0 Å². The van der Waals surface area contributed by atoms with Crippen LogP contribution < -0.4 is 5.73 Å². The molecule has 0 aromatic heterocycles. The number of esters is 1. The van der Waals surface area contributed by atoms with E-state index >= 15 is 0 Å². The molecular weight excluding hydrogens is 226 g/mol. The van der Waals surface area contributed by atoms with Gasteiger partial charge in [-0.1, -0.05) is 42.5 Å². The second-order valence-corrected chi connectivity index (χ2v) is 5.19. The van der Waals surface area contributed by atoms with Gasteiger partial charge in [0.25, 0.3) is 0 Å². The first-order chi connectivity index (χ1) is 8.38. The minimum absolute atomic E-state index is 0.361. The molecule has 0 heterocycles. The molecule has 3 heteroatoms. The zero-order chi connectivity index (χ0) is 13.6. The minimum Gasteiger partial charge on any atom is -0.459 e. The van der Waals surface area contributed by atoms with Crippen LogP contribution in [-0.4, -0.2) is 17.6 Å². The summed E-state index contributed by atoms with van der Waals surface area (Å²) in [5.41, 5.74) is 6.37. The van der Waals surface area contributed by atoms with Gasteiger partial charge in [0, 0.05) is 0 Å². The number of ether oxygens (including phenoxy) is 1. The van der Waals surface area contributed by atoms with Crippen LogP contribution in [0.5, 0.6) is 0 Å². The smallest absolute Gasteiger partial charge is 0.323 e. The third kappa shape index (κ3) is 5.64. The Balaban J connectivity index is 2.44. The number of hydrogen-bond acceptors (Lipinski definition) is 3. The van der Waals surface area contributed by atoms with E-state index in [1.807, 2.05) is 63.3 Å². The van der Waals surface area contributed by atoms with E-state index in [4.69, 9.17) is 10.5 Å². The van der Waals surface area contributed by atoms with Crippen LogP contribution >= 0.6 is 0 Å². The number of carbonyl (C=O) groups excluding carboxylic acids is 1. The Hall–Kier alpha value is -1.61. The van der Waals surface area contributed by atoms with Gasteiger partial charge in [-0.05, 0) is 32.8 Å². The first-order valence-corrected chi connectivity index (χ1v) is 6.08. The maximum absolute atomic E-state index is 11.6. The van der Waals surface area contributed by atoms with Crippen molar-refractivity contribution in [3.8, 4) is 0 Å². The Morgan fingerprint density at radius 1 is 1.33 bits per heavy atom. The monoisotopic (exact) mass is 247 g/mol. The first kappa shape index (κ1) is 14.5. The van der Waals surface area contributed by atoms with Crippen molar-refractivity contribution in [2.24, 2.45) is 5.73 Å².